The molecule has 0 amide bonds. The van der Waals surface area contributed by atoms with Crippen molar-refractivity contribution in [2.75, 3.05) is 6.54 Å². The van der Waals surface area contributed by atoms with Crippen molar-refractivity contribution < 1.29 is 0 Å². The molecule has 1 unspecified atom stereocenters. The molecule has 0 aromatic heterocycles. The van der Waals surface area contributed by atoms with Crippen LogP contribution in [-0.4, -0.2) is 20.2 Å². The van der Waals surface area contributed by atoms with Gasteiger partial charge in [0, 0.05) is 6.54 Å². The maximum Gasteiger partial charge on any atom is 0.0932 e. The summed E-state index contributed by atoms with van der Waals surface area (Å²) in [5.74, 6) is 0.969. The highest BCUT2D eigenvalue weighted by Crippen LogP contribution is 2.14. The molecule has 0 bridgehead atoms. The molecule has 1 atom stereocenters. The van der Waals surface area contributed by atoms with Crippen LogP contribution in [0, 0.1) is 0 Å². The van der Waals surface area contributed by atoms with Crippen molar-refractivity contribution >= 4 is 13.7 Å². The normalized spacial score (nSPS) is 29.5. The minimum Gasteiger partial charge on any atom is -0.387 e. The second-order valence-corrected chi connectivity index (χ2v) is 2.13. The first kappa shape index (κ1) is 5.67. The SMILES string of the molecule is [B]C1CCN=C(N)C1. The van der Waals surface area contributed by atoms with Crippen LogP contribution in [0.25, 0.3) is 0 Å². The van der Waals surface area contributed by atoms with Gasteiger partial charge in [0.25, 0.3) is 0 Å². The van der Waals surface area contributed by atoms with Crippen molar-refractivity contribution in [3.63, 3.8) is 0 Å². The molecule has 3 heteroatoms. The number of aliphatic imine (C=N–C) groups is 1. The predicted octanol–water partition coefficient (Wildman–Crippen LogP) is 0.0944. The maximum absolute atomic E-state index is 5.56. The summed E-state index contributed by atoms with van der Waals surface area (Å²) in [7, 11) is 5.56. The zero-order chi connectivity index (χ0) is 5.98. The van der Waals surface area contributed by atoms with Crippen molar-refractivity contribution in [3.05, 3.63) is 0 Å². The summed E-state index contributed by atoms with van der Waals surface area (Å²) in [6, 6.07) is 0. The lowest BCUT2D eigenvalue weighted by molar-refractivity contribution is 0.731. The molecule has 42 valence electrons. The average molecular weight is 108 g/mol. The second-order valence-electron chi connectivity index (χ2n) is 2.13. The van der Waals surface area contributed by atoms with Gasteiger partial charge in [-0.1, -0.05) is 5.82 Å². The molecule has 1 aliphatic heterocycles. The Kier molecular flexibility index (Phi) is 1.56. The Bertz CT molecular complexity index is 111. The number of rotatable bonds is 0. The zero-order valence-electron chi connectivity index (χ0n) is 4.80. The van der Waals surface area contributed by atoms with E-state index < -0.39 is 0 Å². The first-order valence-electron chi connectivity index (χ1n) is 2.83. The highest BCUT2D eigenvalue weighted by Gasteiger charge is 2.07. The molecule has 0 spiro atoms. The Morgan fingerprint density at radius 2 is 2.50 bits per heavy atom. The summed E-state index contributed by atoms with van der Waals surface area (Å²) < 4.78 is 0. The topological polar surface area (TPSA) is 38.4 Å². The molecule has 2 N–H and O–H groups in total. The summed E-state index contributed by atoms with van der Waals surface area (Å²) >= 11 is 0. The minimum atomic E-state index is 0.257. The molecule has 0 fully saturated rings. The van der Waals surface area contributed by atoms with E-state index in [2.05, 4.69) is 4.99 Å². The van der Waals surface area contributed by atoms with E-state index in [-0.39, 0.29) is 5.82 Å². The maximum atomic E-state index is 5.56. The molecular formula is C5H9BN2. The van der Waals surface area contributed by atoms with Crippen molar-refractivity contribution in [1.29, 1.82) is 0 Å². The van der Waals surface area contributed by atoms with Crippen molar-refractivity contribution in [2.24, 2.45) is 10.7 Å². The lowest BCUT2D eigenvalue weighted by Gasteiger charge is -2.14. The number of hydrogen-bond donors (Lipinski definition) is 1. The third-order valence-electron chi connectivity index (χ3n) is 1.29. The minimum absolute atomic E-state index is 0.257. The first-order chi connectivity index (χ1) is 3.79. The van der Waals surface area contributed by atoms with E-state index >= 15 is 0 Å². The van der Waals surface area contributed by atoms with Crippen LogP contribution in [0.3, 0.4) is 0 Å². The number of amidine groups is 1. The number of hydrogen-bond acceptors (Lipinski definition) is 2. The lowest BCUT2D eigenvalue weighted by Crippen LogP contribution is -2.19. The Hall–Kier alpha value is -0.465. The van der Waals surface area contributed by atoms with Gasteiger partial charge in [0.2, 0.25) is 0 Å². The Morgan fingerprint density at radius 3 is 2.88 bits per heavy atom. The predicted molar refractivity (Wildman–Crippen MR) is 35.2 cm³/mol. The molecule has 2 nitrogen and oxygen atoms in total. The quantitative estimate of drug-likeness (QED) is 0.439. The van der Waals surface area contributed by atoms with Crippen LogP contribution in [0.15, 0.2) is 4.99 Å². The standard InChI is InChI=1S/C5H9BN2/c6-4-1-2-8-5(7)3-4/h4H,1-3H2,(H2,7,8). The highest BCUT2D eigenvalue weighted by molar-refractivity contribution is 6.13. The van der Waals surface area contributed by atoms with Crippen LogP contribution < -0.4 is 5.73 Å². The zero-order valence-corrected chi connectivity index (χ0v) is 4.80. The Morgan fingerprint density at radius 1 is 1.75 bits per heavy atom. The second kappa shape index (κ2) is 2.20. The molecule has 2 radical (unpaired) electrons. The summed E-state index contributed by atoms with van der Waals surface area (Å²) in [6.07, 6.45) is 1.76. The summed E-state index contributed by atoms with van der Waals surface area (Å²) in [5, 5.41) is 0. The highest BCUT2D eigenvalue weighted by atomic mass is 14.9. The Balaban J connectivity index is 2.45. The van der Waals surface area contributed by atoms with E-state index in [9.17, 15) is 0 Å². The van der Waals surface area contributed by atoms with Gasteiger partial charge in [-0.15, -0.1) is 0 Å². The monoisotopic (exact) mass is 108 g/mol. The van der Waals surface area contributed by atoms with Crippen LogP contribution >= 0.6 is 0 Å². The molecule has 1 heterocycles. The van der Waals surface area contributed by atoms with Crippen LogP contribution in [0.1, 0.15) is 12.8 Å². The average Bonchev–Trinajstić information content (AvgIpc) is 1.64. The van der Waals surface area contributed by atoms with Gasteiger partial charge >= 0.3 is 0 Å². The summed E-state index contributed by atoms with van der Waals surface area (Å²) in [6.45, 7) is 0.812. The summed E-state index contributed by atoms with van der Waals surface area (Å²) in [5.41, 5.74) is 5.40. The lowest BCUT2D eigenvalue weighted by atomic mass is 9.80. The van der Waals surface area contributed by atoms with Gasteiger partial charge in [-0.25, -0.2) is 0 Å². The fraction of sp³-hybridized carbons (Fsp3) is 0.800. The van der Waals surface area contributed by atoms with Gasteiger partial charge in [0.1, 0.15) is 0 Å². The van der Waals surface area contributed by atoms with Gasteiger partial charge < -0.3 is 5.73 Å². The van der Waals surface area contributed by atoms with Crippen molar-refractivity contribution in [3.8, 4) is 0 Å². The molecule has 0 saturated carbocycles. The molecule has 0 aromatic carbocycles. The van der Waals surface area contributed by atoms with Gasteiger partial charge in [0.15, 0.2) is 0 Å². The molecule has 0 saturated heterocycles. The molecule has 8 heavy (non-hydrogen) atoms. The van der Waals surface area contributed by atoms with E-state index in [0.717, 1.165) is 19.4 Å². The largest absolute Gasteiger partial charge is 0.387 e. The van der Waals surface area contributed by atoms with Crippen LogP contribution in [0.5, 0.6) is 0 Å². The third-order valence-corrected chi connectivity index (χ3v) is 1.29. The number of nitrogens with two attached hydrogens (primary N) is 1. The van der Waals surface area contributed by atoms with Gasteiger partial charge in [0.05, 0.1) is 13.7 Å². The van der Waals surface area contributed by atoms with Gasteiger partial charge in [-0.3, -0.25) is 4.99 Å². The smallest absolute Gasteiger partial charge is 0.0932 e. The van der Waals surface area contributed by atoms with Gasteiger partial charge in [-0.2, -0.15) is 0 Å². The molecule has 0 aliphatic carbocycles. The van der Waals surface area contributed by atoms with Crippen LogP contribution in [0.4, 0.5) is 0 Å². The molecular weight excluding hydrogens is 98.9 g/mol. The van der Waals surface area contributed by atoms with E-state index in [4.69, 9.17) is 13.6 Å². The Labute approximate surface area is 50.6 Å². The van der Waals surface area contributed by atoms with Gasteiger partial charge in [-0.05, 0) is 12.8 Å². The molecule has 0 aromatic rings. The molecule has 1 aliphatic rings. The van der Waals surface area contributed by atoms with Crippen molar-refractivity contribution in [2.45, 2.75) is 18.7 Å². The van der Waals surface area contributed by atoms with E-state index in [1.807, 2.05) is 0 Å². The molecule has 1 rings (SSSR count). The van der Waals surface area contributed by atoms with E-state index in [1.54, 1.807) is 0 Å². The van der Waals surface area contributed by atoms with Crippen LogP contribution in [-0.2, 0) is 0 Å². The number of nitrogens with zero attached hydrogens (tertiary/aromatic N) is 1. The first-order valence-corrected chi connectivity index (χ1v) is 2.83. The van der Waals surface area contributed by atoms with E-state index in [0.29, 0.717) is 5.84 Å². The fourth-order valence-electron chi connectivity index (χ4n) is 0.809. The fourth-order valence-corrected chi connectivity index (χ4v) is 0.809. The van der Waals surface area contributed by atoms with Crippen molar-refractivity contribution in [1.82, 2.24) is 0 Å². The van der Waals surface area contributed by atoms with Crippen LogP contribution in [0.2, 0.25) is 5.82 Å². The van der Waals surface area contributed by atoms with E-state index in [1.165, 1.54) is 0 Å². The summed E-state index contributed by atoms with van der Waals surface area (Å²) in [4.78, 5) is 3.99. The third kappa shape index (κ3) is 1.25.